The van der Waals surface area contributed by atoms with Crippen molar-refractivity contribution >= 4 is 35.0 Å². The Morgan fingerprint density at radius 3 is 2.57 bits per heavy atom. The molecule has 2 aromatic carbocycles. The lowest BCUT2D eigenvalue weighted by Crippen LogP contribution is -2.19. The van der Waals surface area contributed by atoms with Gasteiger partial charge in [-0.2, -0.15) is 0 Å². The Bertz CT molecular complexity index is 987. The molecule has 0 spiro atoms. The summed E-state index contributed by atoms with van der Waals surface area (Å²) in [5.74, 6) is -0.357. The van der Waals surface area contributed by atoms with Crippen LogP contribution in [0.25, 0.3) is 0 Å². The number of hydrogen-bond acceptors (Lipinski definition) is 6. The summed E-state index contributed by atoms with van der Waals surface area (Å²) in [6.45, 7) is 0. The van der Waals surface area contributed by atoms with Crippen molar-refractivity contribution in [3.05, 3.63) is 60.2 Å². The summed E-state index contributed by atoms with van der Waals surface area (Å²) in [6, 6.07) is 16.4. The first-order valence-electron chi connectivity index (χ1n) is 8.86. The van der Waals surface area contributed by atoms with Crippen LogP contribution in [0.3, 0.4) is 0 Å². The van der Waals surface area contributed by atoms with Gasteiger partial charge in [-0.15, -0.1) is 5.10 Å². The zero-order valence-corrected chi connectivity index (χ0v) is 15.7. The normalized spacial score (nSPS) is 13.1. The summed E-state index contributed by atoms with van der Waals surface area (Å²) in [5, 5.41) is 17.9. The summed E-state index contributed by atoms with van der Waals surface area (Å²) in [6.07, 6.45) is 2.13. The van der Waals surface area contributed by atoms with Gasteiger partial charge in [0.15, 0.2) is 0 Å². The number of benzene rings is 2. The molecular weight excluding hydrogens is 376 g/mol. The van der Waals surface area contributed by atoms with Gasteiger partial charge in [-0.3, -0.25) is 9.59 Å². The zero-order valence-electron chi connectivity index (χ0n) is 14.9. The highest BCUT2D eigenvalue weighted by Gasteiger charge is 2.28. The van der Waals surface area contributed by atoms with E-state index in [1.165, 1.54) is 11.8 Å². The lowest BCUT2D eigenvalue weighted by Gasteiger charge is -2.11. The monoisotopic (exact) mass is 394 g/mol. The molecule has 0 bridgehead atoms. The molecule has 1 aliphatic rings. The Kier molecular flexibility index (Phi) is 5.34. The molecule has 1 aromatic heterocycles. The van der Waals surface area contributed by atoms with Crippen molar-refractivity contribution in [2.24, 2.45) is 0 Å². The van der Waals surface area contributed by atoms with E-state index >= 15 is 0 Å². The number of nitrogens with one attached hydrogen (secondary N) is 2. The molecule has 1 aliphatic carbocycles. The van der Waals surface area contributed by atoms with Crippen molar-refractivity contribution in [1.29, 1.82) is 0 Å². The number of para-hydroxylation sites is 2. The highest BCUT2D eigenvalue weighted by Crippen LogP contribution is 2.36. The molecule has 0 radical (unpaired) electrons. The van der Waals surface area contributed by atoms with E-state index in [1.54, 1.807) is 41.1 Å². The molecule has 8 nitrogen and oxygen atoms in total. The number of amides is 2. The molecule has 142 valence electrons. The third-order valence-corrected chi connectivity index (χ3v) is 5.10. The second kappa shape index (κ2) is 8.22. The van der Waals surface area contributed by atoms with Crippen molar-refractivity contribution < 1.29 is 9.59 Å². The van der Waals surface area contributed by atoms with E-state index < -0.39 is 0 Å². The second-order valence-electron chi connectivity index (χ2n) is 6.34. The molecule has 4 rings (SSSR count). The number of aromatic nitrogens is 4. The van der Waals surface area contributed by atoms with E-state index in [0.717, 1.165) is 12.8 Å². The first-order valence-corrected chi connectivity index (χ1v) is 9.85. The van der Waals surface area contributed by atoms with Gasteiger partial charge < -0.3 is 10.6 Å². The Morgan fingerprint density at radius 2 is 1.79 bits per heavy atom. The molecule has 0 aliphatic heterocycles. The van der Waals surface area contributed by atoms with Gasteiger partial charge in [-0.05, 0) is 47.5 Å². The van der Waals surface area contributed by atoms with Crippen LogP contribution < -0.4 is 10.6 Å². The van der Waals surface area contributed by atoms with E-state index in [0.29, 0.717) is 28.1 Å². The lowest BCUT2D eigenvalue weighted by atomic mass is 10.1. The molecular formula is C19H18N6O2S. The topological polar surface area (TPSA) is 102 Å². The van der Waals surface area contributed by atoms with Crippen molar-refractivity contribution in [3.63, 3.8) is 0 Å². The van der Waals surface area contributed by atoms with Crippen LogP contribution in [0.4, 0.5) is 11.4 Å². The predicted octanol–water partition coefficient (Wildman–Crippen LogP) is 2.99. The van der Waals surface area contributed by atoms with E-state index in [2.05, 4.69) is 26.2 Å². The van der Waals surface area contributed by atoms with Crippen molar-refractivity contribution in [1.82, 2.24) is 20.2 Å². The average molecular weight is 394 g/mol. The van der Waals surface area contributed by atoms with Crippen LogP contribution in [0.15, 0.2) is 59.8 Å². The summed E-state index contributed by atoms with van der Waals surface area (Å²) < 4.78 is 1.76. The standard InChI is InChI=1S/C19H18N6O2S/c26-17(12-28-19-22-23-24-25(19)14-10-11-14)21-16-9-5-4-8-15(16)18(27)20-13-6-2-1-3-7-13/h1-9,14H,10-12H2,(H,20,27)(H,21,26). The minimum Gasteiger partial charge on any atom is -0.325 e. The molecule has 0 unspecified atom stereocenters. The van der Waals surface area contributed by atoms with Crippen LogP contribution in [-0.2, 0) is 4.79 Å². The largest absolute Gasteiger partial charge is 0.325 e. The molecule has 0 atom stereocenters. The Morgan fingerprint density at radius 1 is 1.04 bits per heavy atom. The van der Waals surface area contributed by atoms with Crippen LogP contribution in [0.1, 0.15) is 29.2 Å². The van der Waals surface area contributed by atoms with Crippen molar-refractivity contribution in [2.75, 3.05) is 16.4 Å². The molecule has 2 N–H and O–H groups in total. The van der Waals surface area contributed by atoms with E-state index in [4.69, 9.17) is 0 Å². The minimum absolute atomic E-state index is 0.154. The number of hydrogen-bond donors (Lipinski definition) is 2. The van der Waals surface area contributed by atoms with E-state index in [1.807, 2.05) is 18.2 Å². The van der Waals surface area contributed by atoms with Crippen LogP contribution in [0.5, 0.6) is 0 Å². The Balaban J connectivity index is 1.39. The molecule has 1 saturated carbocycles. The minimum atomic E-state index is -0.285. The average Bonchev–Trinajstić information content (AvgIpc) is 3.45. The Labute approximate surface area is 165 Å². The number of thioether (sulfide) groups is 1. The van der Waals surface area contributed by atoms with Crippen molar-refractivity contribution in [3.8, 4) is 0 Å². The van der Waals surface area contributed by atoms with Gasteiger partial charge >= 0.3 is 0 Å². The number of carbonyl (C=O) groups is 2. The summed E-state index contributed by atoms with van der Waals surface area (Å²) in [7, 11) is 0. The molecule has 28 heavy (non-hydrogen) atoms. The highest BCUT2D eigenvalue weighted by molar-refractivity contribution is 7.99. The van der Waals surface area contributed by atoms with Crippen molar-refractivity contribution in [2.45, 2.75) is 24.0 Å². The fourth-order valence-corrected chi connectivity index (χ4v) is 3.40. The van der Waals surface area contributed by atoms with Gasteiger partial charge in [0.25, 0.3) is 5.91 Å². The number of rotatable bonds is 7. The molecule has 3 aromatic rings. The SMILES string of the molecule is O=C(CSc1nnnn1C1CC1)Nc1ccccc1C(=O)Nc1ccccc1. The zero-order chi connectivity index (χ0) is 19.3. The van der Waals surface area contributed by atoms with Gasteiger partial charge in [0.1, 0.15) is 0 Å². The Hall–Kier alpha value is -3.20. The van der Waals surface area contributed by atoms with E-state index in [9.17, 15) is 9.59 Å². The smallest absolute Gasteiger partial charge is 0.257 e. The predicted molar refractivity (Wildman–Crippen MR) is 106 cm³/mol. The fraction of sp³-hybridized carbons (Fsp3) is 0.211. The van der Waals surface area contributed by atoms with Crippen LogP contribution >= 0.6 is 11.8 Å². The molecule has 1 fully saturated rings. The molecule has 0 saturated heterocycles. The first-order chi connectivity index (χ1) is 13.7. The third-order valence-electron chi connectivity index (χ3n) is 4.17. The summed E-state index contributed by atoms with van der Waals surface area (Å²) >= 11 is 1.28. The lowest BCUT2D eigenvalue weighted by molar-refractivity contribution is -0.113. The second-order valence-corrected chi connectivity index (χ2v) is 7.28. The van der Waals surface area contributed by atoms with Crippen LogP contribution in [-0.4, -0.2) is 37.8 Å². The summed E-state index contributed by atoms with van der Waals surface area (Å²) in [4.78, 5) is 25.0. The van der Waals surface area contributed by atoms with Gasteiger partial charge in [0.2, 0.25) is 11.1 Å². The molecule has 9 heteroatoms. The number of nitrogens with zero attached hydrogens (tertiary/aromatic N) is 4. The van der Waals surface area contributed by atoms with Crippen LogP contribution in [0.2, 0.25) is 0 Å². The fourth-order valence-electron chi connectivity index (χ4n) is 2.66. The third kappa shape index (κ3) is 4.37. The summed E-state index contributed by atoms with van der Waals surface area (Å²) in [5.41, 5.74) is 1.55. The number of carbonyl (C=O) groups excluding carboxylic acids is 2. The highest BCUT2D eigenvalue weighted by atomic mass is 32.2. The van der Waals surface area contributed by atoms with Gasteiger partial charge in [0.05, 0.1) is 23.0 Å². The number of tetrazole rings is 1. The van der Waals surface area contributed by atoms with Gasteiger partial charge in [0, 0.05) is 5.69 Å². The maximum Gasteiger partial charge on any atom is 0.257 e. The first kappa shape index (κ1) is 18.2. The number of anilines is 2. The molecule has 1 heterocycles. The van der Waals surface area contributed by atoms with Crippen LogP contribution in [0, 0.1) is 0 Å². The van der Waals surface area contributed by atoms with E-state index in [-0.39, 0.29) is 17.6 Å². The quantitative estimate of drug-likeness (QED) is 0.598. The van der Waals surface area contributed by atoms with Gasteiger partial charge in [-0.1, -0.05) is 42.1 Å². The maximum absolute atomic E-state index is 12.6. The maximum atomic E-state index is 12.6. The molecule has 2 amide bonds. The van der Waals surface area contributed by atoms with Gasteiger partial charge in [-0.25, -0.2) is 4.68 Å².